The van der Waals surface area contributed by atoms with Crippen LogP contribution in [0.1, 0.15) is 20.3 Å². The van der Waals surface area contributed by atoms with Gasteiger partial charge in [-0.1, -0.05) is 13.8 Å². The van der Waals surface area contributed by atoms with Crippen LogP contribution in [0.25, 0.3) is 0 Å². The lowest BCUT2D eigenvalue weighted by Crippen LogP contribution is -3.15. The van der Waals surface area contributed by atoms with Gasteiger partial charge in [0.25, 0.3) is 5.91 Å². The number of carbonyl (C=O) groups excluding carboxylic acids is 1. The zero-order valence-electron chi connectivity index (χ0n) is 16.2. The Labute approximate surface area is 156 Å². The molecule has 2 rings (SSSR count). The summed E-state index contributed by atoms with van der Waals surface area (Å²) in [6.45, 7) is 6.79. The first-order chi connectivity index (χ1) is 12.1. The summed E-state index contributed by atoms with van der Waals surface area (Å²) in [5.41, 5.74) is 0.453. The zero-order chi connectivity index (χ0) is 19.5. The van der Waals surface area contributed by atoms with E-state index in [4.69, 9.17) is 4.74 Å². The number of methoxy groups -OCH3 is 1. The van der Waals surface area contributed by atoms with E-state index in [1.165, 1.54) is 38.6 Å². The molecule has 0 spiro atoms. The third-order valence-electron chi connectivity index (χ3n) is 4.70. The van der Waals surface area contributed by atoms with Crippen LogP contribution in [0.2, 0.25) is 0 Å². The number of likely N-dealkylation sites (tertiary alicyclic amines) is 1. The summed E-state index contributed by atoms with van der Waals surface area (Å²) < 4.78 is 31.2. The van der Waals surface area contributed by atoms with Gasteiger partial charge in [-0.15, -0.1) is 0 Å². The van der Waals surface area contributed by atoms with Gasteiger partial charge in [0, 0.05) is 31.6 Å². The van der Waals surface area contributed by atoms with E-state index in [-0.39, 0.29) is 16.6 Å². The van der Waals surface area contributed by atoms with Crippen LogP contribution >= 0.6 is 0 Å². The standard InChI is InChI=1S/C18H29N3O4S/c1-13-8-14(2)11-21(10-13)12-18(22)19-15-6-7-16(25-5)17(9-15)26(23,24)20(3)4/h6-7,9,13-14H,8,10-12H2,1-5H3,(H,19,22)/p+1/t13-,14+. The molecule has 146 valence electrons. The number of ether oxygens (including phenoxy) is 1. The number of rotatable bonds is 6. The van der Waals surface area contributed by atoms with Gasteiger partial charge in [0.05, 0.1) is 20.2 Å². The van der Waals surface area contributed by atoms with Crippen LogP contribution in [-0.4, -0.2) is 59.5 Å². The number of hydrogen-bond donors (Lipinski definition) is 2. The van der Waals surface area contributed by atoms with Gasteiger partial charge in [0.2, 0.25) is 10.0 Å². The highest BCUT2D eigenvalue weighted by molar-refractivity contribution is 7.89. The van der Waals surface area contributed by atoms with Crippen molar-refractivity contribution in [3.05, 3.63) is 18.2 Å². The van der Waals surface area contributed by atoms with Crippen molar-refractivity contribution in [3.8, 4) is 5.75 Å². The Morgan fingerprint density at radius 3 is 2.42 bits per heavy atom. The molecular weight excluding hydrogens is 354 g/mol. The Kier molecular flexibility index (Phi) is 6.65. The fraction of sp³-hybridized carbons (Fsp3) is 0.611. The molecule has 1 aliphatic rings. The molecule has 0 aromatic heterocycles. The first-order valence-electron chi connectivity index (χ1n) is 8.87. The van der Waals surface area contributed by atoms with Crippen LogP contribution in [0, 0.1) is 11.8 Å². The molecule has 1 saturated heterocycles. The van der Waals surface area contributed by atoms with Gasteiger partial charge < -0.3 is 15.0 Å². The van der Waals surface area contributed by atoms with Crippen molar-refractivity contribution in [1.82, 2.24) is 4.31 Å². The number of sulfonamides is 1. The Bertz CT molecular complexity index is 739. The maximum Gasteiger partial charge on any atom is 0.279 e. The van der Waals surface area contributed by atoms with Crippen molar-refractivity contribution in [2.24, 2.45) is 11.8 Å². The van der Waals surface area contributed by atoms with E-state index in [0.29, 0.717) is 24.1 Å². The highest BCUT2D eigenvalue weighted by Gasteiger charge is 2.27. The van der Waals surface area contributed by atoms with Crippen molar-refractivity contribution < 1.29 is 22.8 Å². The van der Waals surface area contributed by atoms with Crippen LogP contribution in [-0.2, 0) is 14.8 Å². The SMILES string of the molecule is COc1ccc(NC(=O)C[NH+]2C[C@H](C)C[C@H](C)C2)cc1S(=O)(=O)N(C)C. The van der Waals surface area contributed by atoms with Crippen molar-refractivity contribution in [2.75, 3.05) is 46.2 Å². The second-order valence-electron chi connectivity index (χ2n) is 7.48. The summed E-state index contributed by atoms with van der Waals surface area (Å²) in [7, 11) is 0.674. The minimum Gasteiger partial charge on any atom is -0.495 e. The number of nitrogens with one attached hydrogen (secondary N) is 2. The molecule has 0 radical (unpaired) electrons. The van der Waals surface area contributed by atoms with Crippen molar-refractivity contribution >= 4 is 21.6 Å². The molecule has 1 aliphatic heterocycles. The number of benzene rings is 1. The van der Waals surface area contributed by atoms with Crippen LogP contribution < -0.4 is 15.0 Å². The summed E-state index contributed by atoms with van der Waals surface area (Å²) in [5, 5.41) is 2.82. The molecule has 26 heavy (non-hydrogen) atoms. The average molecular weight is 385 g/mol. The number of quaternary nitrogens is 1. The summed E-state index contributed by atoms with van der Waals surface area (Å²) >= 11 is 0. The zero-order valence-corrected chi connectivity index (χ0v) is 17.0. The average Bonchev–Trinajstić information content (AvgIpc) is 2.53. The molecule has 8 heteroatoms. The van der Waals surface area contributed by atoms with Gasteiger partial charge in [0.1, 0.15) is 10.6 Å². The van der Waals surface area contributed by atoms with Crippen LogP contribution in [0.3, 0.4) is 0 Å². The smallest absolute Gasteiger partial charge is 0.279 e. The molecule has 7 nitrogen and oxygen atoms in total. The lowest BCUT2D eigenvalue weighted by molar-refractivity contribution is -0.904. The second-order valence-corrected chi connectivity index (χ2v) is 9.60. The highest BCUT2D eigenvalue weighted by atomic mass is 32.2. The Balaban J connectivity index is 2.13. The van der Waals surface area contributed by atoms with E-state index < -0.39 is 10.0 Å². The summed E-state index contributed by atoms with van der Waals surface area (Å²) in [6.07, 6.45) is 1.20. The van der Waals surface area contributed by atoms with Crippen LogP contribution in [0.15, 0.2) is 23.1 Å². The van der Waals surface area contributed by atoms with E-state index in [0.717, 1.165) is 17.4 Å². The van der Waals surface area contributed by atoms with E-state index >= 15 is 0 Å². The Morgan fingerprint density at radius 1 is 1.27 bits per heavy atom. The summed E-state index contributed by atoms with van der Waals surface area (Å²) in [6, 6.07) is 4.66. The molecule has 1 aromatic carbocycles. The molecule has 0 saturated carbocycles. The van der Waals surface area contributed by atoms with Crippen molar-refractivity contribution in [3.63, 3.8) is 0 Å². The van der Waals surface area contributed by atoms with E-state index in [1.54, 1.807) is 12.1 Å². The van der Waals surface area contributed by atoms with E-state index in [2.05, 4.69) is 19.2 Å². The minimum atomic E-state index is -3.67. The monoisotopic (exact) mass is 384 g/mol. The molecule has 1 heterocycles. The number of amides is 1. The predicted octanol–water partition coefficient (Wildman–Crippen LogP) is 0.445. The Morgan fingerprint density at radius 2 is 1.88 bits per heavy atom. The van der Waals surface area contributed by atoms with E-state index in [1.807, 2.05) is 0 Å². The van der Waals surface area contributed by atoms with Gasteiger partial charge in [-0.05, 0) is 24.6 Å². The molecule has 3 atom stereocenters. The lowest BCUT2D eigenvalue weighted by Gasteiger charge is -2.31. The van der Waals surface area contributed by atoms with Gasteiger partial charge in [-0.3, -0.25) is 4.79 Å². The van der Waals surface area contributed by atoms with Crippen LogP contribution in [0.5, 0.6) is 5.75 Å². The third kappa shape index (κ3) is 4.96. The fourth-order valence-electron chi connectivity index (χ4n) is 3.65. The largest absolute Gasteiger partial charge is 0.495 e. The van der Waals surface area contributed by atoms with Crippen molar-refractivity contribution in [2.45, 2.75) is 25.2 Å². The van der Waals surface area contributed by atoms with Gasteiger partial charge in [0.15, 0.2) is 6.54 Å². The predicted molar refractivity (Wildman–Crippen MR) is 101 cm³/mol. The molecule has 1 amide bonds. The van der Waals surface area contributed by atoms with Gasteiger partial charge >= 0.3 is 0 Å². The topological polar surface area (TPSA) is 80.1 Å². The van der Waals surface area contributed by atoms with Gasteiger partial charge in [-0.25, -0.2) is 12.7 Å². The molecule has 0 aliphatic carbocycles. The number of piperidine rings is 1. The quantitative estimate of drug-likeness (QED) is 0.746. The van der Waals surface area contributed by atoms with Crippen molar-refractivity contribution in [1.29, 1.82) is 0 Å². The molecule has 2 N–H and O–H groups in total. The fourth-order valence-corrected chi connectivity index (χ4v) is 4.73. The number of carbonyl (C=O) groups is 1. The van der Waals surface area contributed by atoms with E-state index in [9.17, 15) is 13.2 Å². The normalized spacial score (nSPS) is 23.7. The Hall–Kier alpha value is -1.64. The maximum absolute atomic E-state index is 12.5. The first-order valence-corrected chi connectivity index (χ1v) is 10.3. The number of nitrogens with zero attached hydrogens (tertiary/aromatic N) is 1. The first kappa shape index (κ1) is 20.7. The molecule has 1 fully saturated rings. The minimum absolute atomic E-state index is 0.0374. The summed E-state index contributed by atoms with van der Waals surface area (Å²) in [5.74, 6) is 1.36. The maximum atomic E-state index is 12.5. The van der Waals surface area contributed by atoms with Gasteiger partial charge in [-0.2, -0.15) is 0 Å². The molecule has 0 bridgehead atoms. The third-order valence-corrected chi connectivity index (χ3v) is 6.53. The molecular formula is C18H30N3O4S+. The lowest BCUT2D eigenvalue weighted by atomic mass is 9.92. The highest BCUT2D eigenvalue weighted by Crippen LogP contribution is 2.28. The molecule has 1 aromatic rings. The number of hydrogen-bond acceptors (Lipinski definition) is 4. The number of anilines is 1. The molecule has 1 unspecified atom stereocenters. The summed E-state index contributed by atoms with van der Waals surface area (Å²) in [4.78, 5) is 13.7. The second kappa shape index (κ2) is 8.37. The van der Waals surface area contributed by atoms with Crippen LogP contribution in [0.4, 0.5) is 5.69 Å².